The number of aliphatic hydroxyl groups excluding tert-OH is 1. The van der Waals surface area contributed by atoms with Crippen LogP contribution in [0.15, 0.2) is 65.3 Å². The van der Waals surface area contributed by atoms with Crippen molar-refractivity contribution in [2.75, 3.05) is 13.2 Å². The van der Waals surface area contributed by atoms with Gasteiger partial charge in [-0.25, -0.2) is 10.2 Å². The molecule has 5 rings (SSSR count). The van der Waals surface area contributed by atoms with Crippen LogP contribution in [-0.4, -0.2) is 113 Å². The van der Waals surface area contributed by atoms with Crippen molar-refractivity contribution in [1.82, 2.24) is 15.8 Å². The van der Waals surface area contributed by atoms with E-state index in [4.69, 9.17) is 28.5 Å². The molecule has 332 valence electrons. The summed E-state index contributed by atoms with van der Waals surface area (Å²) in [5.41, 5.74) is 4.09. The minimum Gasteiger partial charge on any atom is -0.494 e. The van der Waals surface area contributed by atoms with Gasteiger partial charge in [0.25, 0.3) is 11.8 Å². The van der Waals surface area contributed by atoms with Crippen LogP contribution >= 0.6 is 0 Å². The first kappa shape index (κ1) is 46.8. The lowest BCUT2D eigenvalue weighted by Gasteiger charge is -2.39. The van der Waals surface area contributed by atoms with Crippen molar-refractivity contribution in [2.24, 2.45) is 11.0 Å². The van der Waals surface area contributed by atoms with E-state index in [9.17, 15) is 33.9 Å². The second-order valence-electron chi connectivity index (χ2n) is 16.1. The van der Waals surface area contributed by atoms with Crippen LogP contribution in [0.25, 0.3) is 0 Å². The number of hydrogen-bond acceptors (Lipinski definition) is 14. The Bertz CT molecular complexity index is 1870. The van der Waals surface area contributed by atoms with Crippen molar-refractivity contribution in [2.45, 2.75) is 141 Å². The van der Waals surface area contributed by atoms with Gasteiger partial charge in [-0.3, -0.25) is 24.0 Å². The molecule has 0 saturated carbocycles. The number of benzene rings is 1. The predicted molar refractivity (Wildman–Crippen MR) is 219 cm³/mol. The highest BCUT2D eigenvalue weighted by molar-refractivity contribution is 6.01. The highest BCUT2D eigenvalue weighted by atomic mass is 16.7. The summed E-state index contributed by atoms with van der Waals surface area (Å²) in [6.45, 7) is 11.3. The summed E-state index contributed by atoms with van der Waals surface area (Å²) in [7, 11) is 0. The lowest BCUT2D eigenvalue weighted by molar-refractivity contribution is -0.197. The Morgan fingerprint density at radius 2 is 1.75 bits per heavy atom. The number of nitrogens with one attached hydrogen (secondary N) is 2. The van der Waals surface area contributed by atoms with Gasteiger partial charge in [0.2, 0.25) is 11.8 Å². The van der Waals surface area contributed by atoms with Crippen LogP contribution in [0.4, 0.5) is 0 Å². The zero-order chi connectivity index (χ0) is 44.3. The van der Waals surface area contributed by atoms with Crippen LogP contribution in [0, 0.1) is 5.92 Å². The third-order valence-corrected chi connectivity index (χ3v) is 10.9. The highest BCUT2D eigenvalue weighted by Gasteiger charge is 2.58. The van der Waals surface area contributed by atoms with Gasteiger partial charge in [0.15, 0.2) is 0 Å². The van der Waals surface area contributed by atoms with Crippen molar-refractivity contribution < 1.29 is 62.4 Å². The maximum Gasteiger partial charge on any atom is 0.333 e. The highest BCUT2D eigenvalue weighted by Crippen LogP contribution is 2.43. The third-order valence-electron chi connectivity index (χ3n) is 10.9. The van der Waals surface area contributed by atoms with Crippen molar-refractivity contribution in [3.05, 3.63) is 65.8 Å². The normalized spacial score (nSPS) is 28.6. The van der Waals surface area contributed by atoms with E-state index in [0.29, 0.717) is 42.4 Å². The second-order valence-corrected chi connectivity index (χ2v) is 16.1. The number of hydrazone groups is 1. The number of imide groups is 1. The Hall–Kier alpha value is -5.23. The second kappa shape index (κ2) is 21.5. The standard InChI is InChI=1S/C44H58N4O13/c1-26(9-16-36-27(2)22-35(30(5)59-36)45-38(50)18-11-28(3)58-31(6)49)10-17-37-43(55)44(25-57-44)24-34(60-37)23-39(51)47-46-29(4)32-12-14-33(15-13-32)56-21-7-8-42(54)61-48-40(52)19-20-41(48)53/h9-15,17-18,27-28,30,34-37,43,55H,7-8,16,19-25H2,1-6H3,(H,45,50)(H,47,51)/t27-,28?,30+,34+,35+,36-,37+,43+,44+/m0/s1. The zero-order valence-corrected chi connectivity index (χ0v) is 35.6. The molecular weight excluding hydrogens is 792 g/mol. The van der Waals surface area contributed by atoms with E-state index in [1.165, 1.54) is 19.1 Å². The first-order chi connectivity index (χ1) is 29.0. The maximum atomic E-state index is 13.0. The lowest BCUT2D eigenvalue weighted by Crippen LogP contribution is -2.50. The van der Waals surface area contributed by atoms with E-state index in [2.05, 4.69) is 28.8 Å². The molecule has 1 aromatic carbocycles. The van der Waals surface area contributed by atoms with Gasteiger partial charge in [0.1, 0.15) is 29.7 Å². The number of epoxide rings is 1. The summed E-state index contributed by atoms with van der Waals surface area (Å²) >= 11 is 0. The van der Waals surface area contributed by atoms with Gasteiger partial charge in [0, 0.05) is 32.3 Å². The summed E-state index contributed by atoms with van der Waals surface area (Å²) in [6.07, 6.45) is 7.93. The molecule has 4 heterocycles. The number of aliphatic hydroxyl groups is 1. The fourth-order valence-electron chi connectivity index (χ4n) is 7.35. The average molecular weight is 851 g/mol. The molecule has 9 atom stereocenters. The Balaban J connectivity index is 1.03. The molecule has 1 aromatic rings. The molecule has 61 heavy (non-hydrogen) atoms. The minimum absolute atomic E-state index is 0.0129. The molecule has 0 aliphatic carbocycles. The Labute approximate surface area is 355 Å². The van der Waals surface area contributed by atoms with Gasteiger partial charge >= 0.3 is 11.9 Å². The number of esters is 1. The Morgan fingerprint density at radius 1 is 1.05 bits per heavy atom. The van der Waals surface area contributed by atoms with Crippen LogP contribution in [0.5, 0.6) is 5.75 Å². The summed E-state index contributed by atoms with van der Waals surface area (Å²) < 4.78 is 28.9. The molecule has 0 aromatic heterocycles. The summed E-state index contributed by atoms with van der Waals surface area (Å²) in [6, 6.07) is 6.87. The van der Waals surface area contributed by atoms with Crippen molar-refractivity contribution in [3.8, 4) is 5.75 Å². The number of carbonyl (C=O) groups excluding carboxylic acids is 6. The van der Waals surface area contributed by atoms with Gasteiger partial charge in [-0.2, -0.15) is 5.10 Å². The Morgan fingerprint density at radius 3 is 2.43 bits per heavy atom. The van der Waals surface area contributed by atoms with Gasteiger partial charge < -0.3 is 38.9 Å². The Kier molecular flexibility index (Phi) is 16.5. The number of amides is 4. The number of ether oxygens (including phenoxy) is 5. The monoisotopic (exact) mass is 850 g/mol. The molecule has 4 saturated heterocycles. The topological polar surface area (TPSA) is 221 Å². The molecule has 0 bridgehead atoms. The molecule has 0 radical (unpaired) electrons. The SMILES string of the molecule is CC(=O)OC(C)C=CC(=O)N[C@@H]1C[C@H](C)[C@H](CC=C(C)C=C[C@H]2O[C@H](CC(=O)NN=C(C)c3ccc(OCCCC(=O)ON4C(=O)CCC4=O)cc3)C[C@@]3(CO3)[C@@H]2O)O[C@@H]1C. The lowest BCUT2D eigenvalue weighted by atomic mass is 9.87. The fourth-order valence-corrected chi connectivity index (χ4v) is 7.35. The van der Waals surface area contributed by atoms with E-state index in [1.807, 2.05) is 19.9 Å². The minimum atomic E-state index is -0.896. The molecule has 3 N–H and O–H groups in total. The zero-order valence-electron chi connectivity index (χ0n) is 35.6. The molecular formula is C44H58N4O13. The third kappa shape index (κ3) is 13.9. The van der Waals surface area contributed by atoms with E-state index in [0.717, 1.165) is 17.6 Å². The smallest absolute Gasteiger partial charge is 0.333 e. The van der Waals surface area contributed by atoms with Crippen LogP contribution in [0.1, 0.15) is 98.5 Å². The quantitative estimate of drug-likeness (QED) is 0.0281. The molecule has 4 amide bonds. The number of hydrogen-bond donors (Lipinski definition) is 3. The van der Waals surface area contributed by atoms with Crippen molar-refractivity contribution >= 4 is 41.3 Å². The molecule has 1 unspecified atom stereocenters. The summed E-state index contributed by atoms with van der Waals surface area (Å²) in [5, 5.41) is 18.9. The van der Waals surface area contributed by atoms with Crippen LogP contribution in [0.3, 0.4) is 0 Å². The first-order valence-corrected chi connectivity index (χ1v) is 20.8. The maximum absolute atomic E-state index is 13.0. The number of carbonyl (C=O) groups is 6. The van der Waals surface area contributed by atoms with E-state index >= 15 is 0 Å². The number of rotatable bonds is 18. The van der Waals surface area contributed by atoms with Crippen molar-refractivity contribution in [3.63, 3.8) is 0 Å². The first-order valence-electron chi connectivity index (χ1n) is 20.8. The molecule has 4 fully saturated rings. The van der Waals surface area contributed by atoms with Crippen molar-refractivity contribution in [1.29, 1.82) is 0 Å². The number of nitrogens with zero attached hydrogens (tertiary/aromatic N) is 2. The average Bonchev–Trinajstić information content (AvgIpc) is 3.92. The molecule has 17 nitrogen and oxygen atoms in total. The van der Waals surface area contributed by atoms with Crippen LogP contribution < -0.4 is 15.5 Å². The van der Waals surface area contributed by atoms with Crippen LogP contribution in [0.2, 0.25) is 0 Å². The van der Waals surface area contributed by atoms with E-state index < -0.39 is 53.8 Å². The fraction of sp³-hybridized carbons (Fsp3) is 0.568. The molecule has 4 aliphatic heterocycles. The molecule has 17 heteroatoms. The summed E-state index contributed by atoms with van der Waals surface area (Å²) in [5.74, 6) is -2.05. The van der Waals surface area contributed by atoms with Gasteiger partial charge in [-0.1, -0.05) is 30.7 Å². The number of hydroxylamine groups is 2. The van der Waals surface area contributed by atoms with Gasteiger partial charge in [0.05, 0.1) is 56.1 Å². The van der Waals surface area contributed by atoms with Gasteiger partial charge in [-0.15, -0.1) is 5.06 Å². The summed E-state index contributed by atoms with van der Waals surface area (Å²) in [4.78, 5) is 76.6. The van der Waals surface area contributed by atoms with E-state index in [-0.39, 0.29) is 68.3 Å². The van der Waals surface area contributed by atoms with Crippen LogP contribution in [-0.2, 0) is 52.6 Å². The largest absolute Gasteiger partial charge is 0.494 e. The number of allylic oxidation sites excluding steroid dienone is 2. The predicted octanol–water partition coefficient (Wildman–Crippen LogP) is 3.67. The molecule has 1 spiro atoms. The van der Waals surface area contributed by atoms with E-state index in [1.54, 1.807) is 44.2 Å². The molecule has 4 aliphatic rings. The van der Waals surface area contributed by atoms with Gasteiger partial charge in [-0.05, 0) is 88.8 Å².